The number of nitrogens with one attached hydrogen (secondary N) is 1. The molecule has 0 saturated carbocycles. The third kappa shape index (κ3) is 3.22. The van der Waals surface area contributed by atoms with Crippen LogP contribution in [0.4, 0.5) is 5.69 Å². The number of anilines is 1. The minimum absolute atomic E-state index is 0.111. The molecule has 0 unspecified atom stereocenters. The van der Waals surface area contributed by atoms with Crippen molar-refractivity contribution in [3.63, 3.8) is 0 Å². The smallest absolute Gasteiger partial charge is 0.251 e. The van der Waals surface area contributed by atoms with Crippen molar-refractivity contribution in [2.24, 2.45) is 0 Å². The van der Waals surface area contributed by atoms with E-state index in [0.29, 0.717) is 12.1 Å². The van der Waals surface area contributed by atoms with Crippen LogP contribution in [0, 0.1) is 0 Å². The van der Waals surface area contributed by atoms with Crippen LogP contribution in [0.2, 0.25) is 0 Å². The number of hydrogen-bond acceptors (Lipinski definition) is 4. The van der Waals surface area contributed by atoms with E-state index in [9.17, 15) is 4.79 Å². The molecule has 2 aromatic carbocycles. The Kier molecular flexibility index (Phi) is 4.46. The van der Waals surface area contributed by atoms with Gasteiger partial charge in [0, 0.05) is 38.4 Å². The fourth-order valence-electron chi connectivity index (χ4n) is 2.54. The molecule has 0 saturated heterocycles. The normalized spacial score (nSPS) is 10.8. The Morgan fingerprint density at radius 2 is 1.92 bits per heavy atom. The Labute approximate surface area is 141 Å². The van der Waals surface area contributed by atoms with Crippen LogP contribution in [0.3, 0.4) is 0 Å². The SMILES string of the molecule is CCn1nnc2cc(C(=O)NCc3ccc(N(C)C)cc3)ccc21. The molecule has 6 heteroatoms. The summed E-state index contributed by atoms with van der Waals surface area (Å²) in [6.45, 7) is 3.26. The van der Waals surface area contributed by atoms with Gasteiger partial charge < -0.3 is 10.2 Å². The molecule has 6 nitrogen and oxygen atoms in total. The fraction of sp³-hybridized carbons (Fsp3) is 0.278. The predicted molar refractivity (Wildman–Crippen MR) is 95.1 cm³/mol. The number of hydrogen-bond donors (Lipinski definition) is 1. The Morgan fingerprint density at radius 3 is 2.58 bits per heavy atom. The van der Waals surface area contributed by atoms with Crippen LogP contribution in [0.15, 0.2) is 42.5 Å². The molecule has 1 N–H and O–H groups in total. The predicted octanol–water partition coefficient (Wildman–Crippen LogP) is 2.45. The van der Waals surface area contributed by atoms with Crippen LogP contribution in [0.5, 0.6) is 0 Å². The quantitative estimate of drug-likeness (QED) is 0.783. The number of aryl methyl sites for hydroxylation is 1. The van der Waals surface area contributed by atoms with Gasteiger partial charge in [0.15, 0.2) is 0 Å². The van der Waals surface area contributed by atoms with Gasteiger partial charge in [-0.1, -0.05) is 17.3 Å². The molecule has 0 bridgehead atoms. The molecular formula is C18H21N5O. The van der Waals surface area contributed by atoms with Gasteiger partial charge in [0.25, 0.3) is 5.91 Å². The van der Waals surface area contributed by atoms with Gasteiger partial charge in [-0.3, -0.25) is 4.79 Å². The number of carbonyl (C=O) groups is 1. The van der Waals surface area contributed by atoms with Crippen molar-refractivity contribution in [1.29, 1.82) is 0 Å². The number of rotatable bonds is 5. The van der Waals surface area contributed by atoms with Crippen LogP contribution >= 0.6 is 0 Å². The first-order valence-corrected chi connectivity index (χ1v) is 7.96. The highest BCUT2D eigenvalue weighted by Crippen LogP contribution is 2.14. The average molecular weight is 323 g/mol. The van der Waals surface area contributed by atoms with E-state index in [1.165, 1.54) is 0 Å². The zero-order valence-corrected chi connectivity index (χ0v) is 14.2. The van der Waals surface area contributed by atoms with Crippen LogP contribution in [0.1, 0.15) is 22.8 Å². The van der Waals surface area contributed by atoms with Gasteiger partial charge in [0.05, 0.1) is 5.52 Å². The van der Waals surface area contributed by atoms with Crippen molar-refractivity contribution in [2.45, 2.75) is 20.0 Å². The van der Waals surface area contributed by atoms with Crippen molar-refractivity contribution in [1.82, 2.24) is 20.3 Å². The number of carbonyl (C=O) groups excluding carboxylic acids is 1. The molecule has 0 aliphatic heterocycles. The number of benzene rings is 2. The lowest BCUT2D eigenvalue weighted by atomic mass is 10.1. The molecule has 0 fully saturated rings. The molecule has 1 aromatic heterocycles. The van der Waals surface area contributed by atoms with Gasteiger partial charge >= 0.3 is 0 Å². The lowest BCUT2D eigenvalue weighted by Gasteiger charge is -2.13. The largest absolute Gasteiger partial charge is 0.378 e. The first kappa shape index (κ1) is 16.0. The number of nitrogens with zero attached hydrogens (tertiary/aromatic N) is 4. The second-order valence-electron chi connectivity index (χ2n) is 5.85. The van der Waals surface area contributed by atoms with Crippen LogP contribution < -0.4 is 10.2 Å². The van der Waals surface area contributed by atoms with Crippen molar-refractivity contribution < 1.29 is 4.79 Å². The Hall–Kier alpha value is -2.89. The molecule has 0 aliphatic rings. The van der Waals surface area contributed by atoms with Gasteiger partial charge in [0.1, 0.15) is 5.52 Å². The maximum absolute atomic E-state index is 12.3. The molecule has 124 valence electrons. The van der Waals surface area contributed by atoms with E-state index in [-0.39, 0.29) is 5.91 Å². The molecular weight excluding hydrogens is 302 g/mol. The van der Waals surface area contributed by atoms with Gasteiger partial charge in [-0.25, -0.2) is 4.68 Å². The summed E-state index contributed by atoms with van der Waals surface area (Å²) in [4.78, 5) is 14.4. The minimum atomic E-state index is -0.111. The van der Waals surface area contributed by atoms with Gasteiger partial charge in [-0.2, -0.15) is 0 Å². The molecule has 0 atom stereocenters. The third-order valence-corrected chi connectivity index (χ3v) is 3.98. The first-order valence-electron chi connectivity index (χ1n) is 7.96. The van der Waals surface area contributed by atoms with Crippen molar-refractivity contribution in [3.05, 3.63) is 53.6 Å². The summed E-state index contributed by atoms with van der Waals surface area (Å²) in [6.07, 6.45) is 0. The van der Waals surface area contributed by atoms with Gasteiger partial charge in [0.2, 0.25) is 0 Å². The Bertz CT molecular complexity index is 851. The fourth-order valence-corrected chi connectivity index (χ4v) is 2.54. The summed E-state index contributed by atoms with van der Waals surface area (Å²) in [6, 6.07) is 13.6. The van der Waals surface area contributed by atoms with Crippen LogP contribution in [-0.4, -0.2) is 35.0 Å². The van der Waals surface area contributed by atoms with Crippen molar-refractivity contribution in [3.8, 4) is 0 Å². The van der Waals surface area contributed by atoms with Gasteiger partial charge in [-0.15, -0.1) is 5.10 Å². The zero-order chi connectivity index (χ0) is 17.1. The lowest BCUT2D eigenvalue weighted by molar-refractivity contribution is 0.0951. The molecule has 3 rings (SSSR count). The minimum Gasteiger partial charge on any atom is -0.378 e. The number of fused-ring (bicyclic) bond motifs is 1. The third-order valence-electron chi connectivity index (χ3n) is 3.98. The second-order valence-corrected chi connectivity index (χ2v) is 5.85. The summed E-state index contributed by atoms with van der Waals surface area (Å²) in [7, 11) is 4.00. The first-order chi connectivity index (χ1) is 11.6. The Morgan fingerprint density at radius 1 is 1.17 bits per heavy atom. The van der Waals surface area contributed by atoms with E-state index in [1.807, 2.05) is 67.0 Å². The molecule has 1 amide bonds. The van der Waals surface area contributed by atoms with E-state index >= 15 is 0 Å². The van der Waals surface area contributed by atoms with E-state index in [2.05, 4.69) is 15.6 Å². The highest BCUT2D eigenvalue weighted by molar-refractivity contribution is 5.97. The lowest BCUT2D eigenvalue weighted by Crippen LogP contribution is -2.22. The summed E-state index contributed by atoms with van der Waals surface area (Å²) in [5, 5.41) is 11.1. The maximum Gasteiger partial charge on any atom is 0.251 e. The molecule has 3 aromatic rings. The summed E-state index contributed by atoms with van der Waals surface area (Å²) in [5.74, 6) is -0.111. The van der Waals surface area contributed by atoms with Crippen molar-refractivity contribution in [2.75, 3.05) is 19.0 Å². The molecule has 1 heterocycles. The van der Waals surface area contributed by atoms with E-state index in [4.69, 9.17) is 0 Å². The van der Waals surface area contributed by atoms with E-state index < -0.39 is 0 Å². The topological polar surface area (TPSA) is 63.1 Å². The maximum atomic E-state index is 12.3. The zero-order valence-electron chi connectivity index (χ0n) is 14.2. The number of aromatic nitrogens is 3. The summed E-state index contributed by atoms with van der Waals surface area (Å²) < 4.78 is 1.81. The monoisotopic (exact) mass is 323 g/mol. The second kappa shape index (κ2) is 6.70. The highest BCUT2D eigenvalue weighted by Gasteiger charge is 2.09. The average Bonchev–Trinajstić information content (AvgIpc) is 3.02. The number of amides is 1. The molecule has 0 aliphatic carbocycles. The van der Waals surface area contributed by atoms with E-state index in [0.717, 1.165) is 28.8 Å². The summed E-state index contributed by atoms with van der Waals surface area (Å²) >= 11 is 0. The molecule has 24 heavy (non-hydrogen) atoms. The Balaban J connectivity index is 1.68. The molecule has 0 radical (unpaired) electrons. The van der Waals surface area contributed by atoms with Crippen molar-refractivity contribution >= 4 is 22.6 Å². The summed E-state index contributed by atoms with van der Waals surface area (Å²) in [5.41, 5.74) is 4.46. The van der Waals surface area contributed by atoms with Crippen LogP contribution in [-0.2, 0) is 13.1 Å². The van der Waals surface area contributed by atoms with Gasteiger partial charge in [-0.05, 0) is 42.8 Å². The molecule has 0 spiro atoms. The standard InChI is InChI=1S/C18H21N5O/c1-4-23-17-10-7-14(11-16(17)20-21-23)18(24)19-12-13-5-8-15(9-6-13)22(2)3/h5-11H,4,12H2,1-3H3,(H,19,24). The highest BCUT2D eigenvalue weighted by atomic mass is 16.1. The van der Waals surface area contributed by atoms with Crippen LogP contribution in [0.25, 0.3) is 11.0 Å². The van der Waals surface area contributed by atoms with E-state index in [1.54, 1.807) is 6.07 Å².